The van der Waals surface area contributed by atoms with Crippen LogP contribution in [0.3, 0.4) is 0 Å². The molecule has 1 aliphatic rings. The lowest BCUT2D eigenvalue weighted by atomic mass is 10.0. The van der Waals surface area contributed by atoms with Gasteiger partial charge in [-0.3, -0.25) is 14.9 Å². The Morgan fingerprint density at radius 1 is 1.62 bits per heavy atom. The van der Waals surface area contributed by atoms with Crippen molar-refractivity contribution in [3.05, 3.63) is 21.7 Å². The number of aromatic nitrogens is 1. The monoisotopic (exact) mass is 184 g/mol. The van der Waals surface area contributed by atoms with Gasteiger partial charge in [-0.2, -0.15) is 5.16 Å². The van der Waals surface area contributed by atoms with Gasteiger partial charge in [0, 0.05) is 6.54 Å². The van der Waals surface area contributed by atoms with Crippen molar-refractivity contribution in [3.63, 3.8) is 0 Å². The average Bonchev–Trinajstić information content (AvgIpc) is 2.48. The quantitative estimate of drug-likeness (QED) is 0.533. The largest absolute Gasteiger partial charge is 0.480 e. The molecular weight excluding hydrogens is 176 g/mol. The van der Waals surface area contributed by atoms with E-state index in [0.29, 0.717) is 18.5 Å². The molecule has 2 rings (SSSR count). The van der Waals surface area contributed by atoms with Gasteiger partial charge in [-0.1, -0.05) is 0 Å². The summed E-state index contributed by atoms with van der Waals surface area (Å²) in [4.78, 5) is 21.7. The van der Waals surface area contributed by atoms with E-state index in [4.69, 9.17) is 9.63 Å². The molecule has 0 bridgehead atoms. The van der Waals surface area contributed by atoms with Crippen LogP contribution in [0, 0.1) is 0 Å². The fourth-order valence-electron chi connectivity index (χ4n) is 1.44. The maximum Gasteiger partial charge on any atom is 0.328 e. The summed E-state index contributed by atoms with van der Waals surface area (Å²) in [6.45, 7) is 0.479. The van der Waals surface area contributed by atoms with Crippen molar-refractivity contribution < 1.29 is 14.4 Å². The van der Waals surface area contributed by atoms with Crippen LogP contribution in [0.25, 0.3) is 0 Å². The first-order valence-electron chi connectivity index (χ1n) is 3.86. The summed E-state index contributed by atoms with van der Waals surface area (Å²) in [5, 5.41) is 13.6. The van der Waals surface area contributed by atoms with Crippen molar-refractivity contribution in [3.8, 4) is 0 Å². The van der Waals surface area contributed by atoms with Crippen LogP contribution >= 0.6 is 0 Å². The third kappa shape index (κ3) is 1.15. The Morgan fingerprint density at radius 3 is 3.08 bits per heavy atom. The zero-order valence-corrected chi connectivity index (χ0v) is 6.66. The highest BCUT2D eigenvalue weighted by atomic mass is 16.5. The zero-order chi connectivity index (χ0) is 9.42. The molecule has 1 aliphatic heterocycles. The van der Waals surface area contributed by atoms with Crippen molar-refractivity contribution in [1.29, 1.82) is 0 Å². The minimum atomic E-state index is -1.04. The van der Waals surface area contributed by atoms with Crippen molar-refractivity contribution in [1.82, 2.24) is 10.5 Å². The minimum Gasteiger partial charge on any atom is -0.480 e. The Hall–Kier alpha value is -1.56. The molecule has 0 aromatic carbocycles. The number of aliphatic carboxylic acids is 1. The first-order chi connectivity index (χ1) is 6.20. The van der Waals surface area contributed by atoms with Gasteiger partial charge < -0.3 is 9.63 Å². The normalized spacial score (nSPS) is 21.1. The van der Waals surface area contributed by atoms with Crippen molar-refractivity contribution in [2.45, 2.75) is 12.5 Å². The number of aromatic amines is 1. The molecule has 6 heteroatoms. The minimum absolute atomic E-state index is 0.198. The molecule has 0 saturated carbocycles. The Labute approximate surface area is 72.5 Å². The smallest absolute Gasteiger partial charge is 0.328 e. The van der Waals surface area contributed by atoms with Crippen LogP contribution in [-0.2, 0) is 11.2 Å². The molecule has 0 spiro atoms. The van der Waals surface area contributed by atoms with Gasteiger partial charge >= 0.3 is 5.97 Å². The second-order valence-electron chi connectivity index (χ2n) is 2.85. The Balaban J connectivity index is 2.49. The summed E-state index contributed by atoms with van der Waals surface area (Å²) >= 11 is 0. The molecule has 70 valence electrons. The highest BCUT2D eigenvalue weighted by Gasteiger charge is 2.31. The van der Waals surface area contributed by atoms with Gasteiger partial charge in [0.25, 0.3) is 5.56 Å². The molecule has 2 heterocycles. The molecule has 1 aromatic heterocycles. The van der Waals surface area contributed by atoms with Crippen LogP contribution in [0.15, 0.2) is 9.32 Å². The first kappa shape index (κ1) is 8.06. The Bertz CT molecular complexity index is 391. The molecule has 3 N–H and O–H groups in total. The standard InChI is InChI=1S/C7H8N2O4/c10-6-3-1-2-8-4(7(11)12)5(3)13-9-6/h4,8H,1-2H2,(H,9,10)(H,11,12)/t4-/m1/s1. The fourth-order valence-corrected chi connectivity index (χ4v) is 1.44. The van der Waals surface area contributed by atoms with E-state index in [1.165, 1.54) is 0 Å². The van der Waals surface area contributed by atoms with Crippen molar-refractivity contribution >= 4 is 5.97 Å². The van der Waals surface area contributed by atoms with Crippen LogP contribution < -0.4 is 10.9 Å². The number of carboxylic acid groups (broad SMARTS) is 1. The van der Waals surface area contributed by atoms with E-state index >= 15 is 0 Å². The zero-order valence-electron chi connectivity index (χ0n) is 6.66. The summed E-state index contributed by atoms with van der Waals surface area (Å²) < 4.78 is 4.78. The van der Waals surface area contributed by atoms with Crippen LogP contribution in [-0.4, -0.2) is 22.8 Å². The van der Waals surface area contributed by atoms with E-state index in [1.807, 2.05) is 0 Å². The van der Waals surface area contributed by atoms with Crippen LogP contribution in [0.2, 0.25) is 0 Å². The number of nitrogens with one attached hydrogen (secondary N) is 2. The van der Waals surface area contributed by atoms with E-state index in [2.05, 4.69) is 10.5 Å². The second kappa shape index (κ2) is 2.74. The van der Waals surface area contributed by atoms with Crippen LogP contribution in [0.4, 0.5) is 0 Å². The molecule has 0 amide bonds. The Morgan fingerprint density at radius 2 is 2.38 bits per heavy atom. The predicted octanol–water partition coefficient (Wildman–Crippen LogP) is -0.761. The van der Waals surface area contributed by atoms with E-state index in [-0.39, 0.29) is 11.3 Å². The number of hydrogen-bond donors (Lipinski definition) is 3. The second-order valence-corrected chi connectivity index (χ2v) is 2.85. The molecule has 0 aliphatic carbocycles. The van der Waals surface area contributed by atoms with E-state index in [1.54, 1.807) is 0 Å². The maximum absolute atomic E-state index is 11.1. The molecule has 1 atom stereocenters. The summed E-state index contributed by atoms with van der Waals surface area (Å²) in [5.41, 5.74) is 0.105. The predicted molar refractivity (Wildman–Crippen MR) is 41.4 cm³/mol. The lowest BCUT2D eigenvalue weighted by molar-refractivity contribution is -0.140. The van der Waals surface area contributed by atoms with E-state index in [9.17, 15) is 9.59 Å². The molecule has 0 radical (unpaired) electrons. The topological polar surface area (TPSA) is 95.3 Å². The van der Waals surface area contributed by atoms with Gasteiger partial charge in [-0.05, 0) is 6.42 Å². The van der Waals surface area contributed by atoms with Gasteiger partial charge in [-0.15, -0.1) is 0 Å². The molecule has 0 saturated heterocycles. The molecular formula is C7H8N2O4. The van der Waals surface area contributed by atoms with Crippen LogP contribution in [0.5, 0.6) is 0 Å². The Kier molecular flexibility index (Phi) is 1.70. The third-order valence-corrected chi connectivity index (χ3v) is 2.06. The van der Waals surface area contributed by atoms with Crippen LogP contribution in [0.1, 0.15) is 17.4 Å². The van der Waals surface area contributed by atoms with Crippen molar-refractivity contribution in [2.75, 3.05) is 6.54 Å². The maximum atomic E-state index is 11.1. The third-order valence-electron chi connectivity index (χ3n) is 2.06. The van der Waals surface area contributed by atoms with Crippen molar-refractivity contribution in [2.24, 2.45) is 0 Å². The molecule has 6 nitrogen and oxygen atoms in total. The summed E-state index contributed by atoms with van der Waals surface area (Å²) in [6.07, 6.45) is 0.505. The highest BCUT2D eigenvalue weighted by Crippen LogP contribution is 2.19. The lowest BCUT2D eigenvalue weighted by Gasteiger charge is -2.16. The molecule has 13 heavy (non-hydrogen) atoms. The molecule has 0 fully saturated rings. The average molecular weight is 184 g/mol. The van der Waals surface area contributed by atoms with E-state index in [0.717, 1.165) is 0 Å². The van der Waals surface area contributed by atoms with Gasteiger partial charge in [0.05, 0.1) is 5.56 Å². The van der Waals surface area contributed by atoms with Gasteiger partial charge in [0.1, 0.15) is 0 Å². The number of fused-ring (bicyclic) bond motifs is 1. The molecule has 1 aromatic rings. The molecule has 0 unspecified atom stereocenters. The first-order valence-corrected chi connectivity index (χ1v) is 3.86. The summed E-state index contributed by atoms with van der Waals surface area (Å²) in [7, 11) is 0. The number of hydrogen-bond acceptors (Lipinski definition) is 4. The van der Waals surface area contributed by atoms with Gasteiger partial charge in [-0.25, -0.2) is 0 Å². The summed E-state index contributed by atoms with van der Waals surface area (Å²) in [5.74, 6) is -0.840. The number of carbonyl (C=O) groups is 1. The number of H-pyrrole nitrogens is 1. The highest BCUT2D eigenvalue weighted by molar-refractivity contribution is 5.75. The van der Waals surface area contributed by atoms with Gasteiger partial charge in [0.15, 0.2) is 11.8 Å². The summed E-state index contributed by atoms with van der Waals surface area (Å²) in [6, 6.07) is -0.900. The van der Waals surface area contributed by atoms with Gasteiger partial charge in [0.2, 0.25) is 0 Å². The SMILES string of the molecule is O=C(O)[C@@H]1NCCc2c1o[nH]c2=O. The lowest BCUT2D eigenvalue weighted by Crippen LogP contribution is -2.35. The fraction of sp³-hybridized carbons (Fsp3) is 0.429. The number of rotatable bonds is 1. The van der Waals surface area contributed by atoms with E-state index < -0.39 is 12.0 Å². The number of carboxylic acids is 1.